The third kappa shape index (κ3) is 3.64. The number of benzene rings is 1. The third-order valence-electron chi connectivity index (χ3n) is 3.77. The molecule has 4 heteroatoms. The van der Waals surface area contributed by atoms with Crippen LogP contribution >= 0.6 is 0 Å². The summed E-state index contributed by atoms with van der Waals surface area (Å²) in [6.07, 6.45) is 3.85. The second-order valence-electron chi connectivity index (χ2n) is 6.08. The topological polar surface area (TPSA) is 54.0 Å². The molecule has 22 heavy (non-hydrogen) atoms. The molecule has 1 saturated carbocycles. The van der Waals surface area contributed by atoms with Gasteiger partial charge in [-0.15, -0.1) is 0 Å². The van der Waals surface area contributed by atoms with Gasteiger partial charge in [0.05, 0.1) is 11.9 Å². The van der Waals surface area contributed by atoms with E-state index in [1.54, 1.807) is 12.3 Å². The van der Waals surface area contributed by atoms with Crippen molar-refractivity contribution in [1.29, 1.82) is 0 Å². The van der Waals surface area contributed by atoms with Gasteiger partial charge in [-0.05, 0) is 48.6 Å². The molecule has 0 radical (unpaired) electrons. The van der Waals surface area contributed by atoms with E-state index >= 15 is 0 Å². The highest BCUT2D eigenvalue weighted by molar-refractivity contribution is 5.92. The molecule has 0 unspecified atom stereocenters. The Morgan fingerprint density at radius 1 is 1.09 bits per heavy atom. The maximum absolute atomic E-state index is 11.9. The largest absolute Gasteiger partial charge is 0.354 e. The van der Waals surface area contributed by atoms with Crippen LogP contribution in [0.5, 0.6) is 0 Å². The van der Waals surface area contributed by atoms with E-state index < -0.39 is 0 Å². The zero-order valence-electron chi connectivity index (χ0n) is 13.0. The van der Waals surface area contributed by atoms with Crippen LogP contribution < -0.4 is 10.6 Å². The smallest absolute Gasteiger partial charge is 0.270 e. The van der Waals surface area contributed by atoms with E-state index in [0.717, 1.165) is 24.2 Å². The van der Waals surface area contributed by atoms with Crippen molar-refractivity contribution in [1.82, 2.24) is 10.3 Å². The first-order valence-corrected chi connectivity index (χ1v) is 7.76. The van der Waals surface area contributed by atoms with E-state index in [9.17, 15) is 4.79 Å². The van der Waals surface area contributed by atoms with Crippen LogP contribution in [0.25, 0.3) is 0 Å². The molecule has 114 valence electrons. The molecule has 0 aliphatic heterocycles. The molecule has 2 aromatic rings. The first-order chi connectivity index (χ1) is 10.6. The predicted molar refractivity (Wildman–Crippen MR) is 88.5 cm³/mol. The Bertz CT molecular complexity index is 643. The van der Waals surface area contributed by atoms with Crippen molar-refractivity contribution in [2.24, 2.45) is 0 Å². The molecule has 0 saturated heterocycles. The fourth-order valence-corrected chi connectivity index (χ4v) is 2.21. The average molecular weight is 295 g/mol. The van der Waals surface area contributed by atoms with Gasteiger partial charge in [0.1, 0.15) is 5.69 Å². The van der Waals surface area contributed by atoms with Crippen molar-refractivity contribution in [2.45, 2.75) is 38.6 Å². The lowest BCUT2D eigenvalue weighted by Gasteiger charge is -2.09. The fourth-order valence-electron chi connectivity index (χ4n) is 2.21. The summed E-state index contributed by atoms with van der Waals surface area (Å²) in [5.74, 6) is 0.440. The summed E-state index contributed by atoms with van der Waals surface area (Å²) >= 11 is 0. The van der Waals surface area contributed by atoms with Crippen molar-refractivity contribution in [2.75, 3.05) is 5.32 Å². The average Bonchev–Trinajstić information content (AvgIpc) is 3.32. The maximum atomic E-state index is 11.9. The second-order valence-corrected chi connectivity index (χ2v) is 6.08. The van der Waals surface area contributed by atoms with E-state index in [2.05, 4.69) is 53.7 Å². The van der Waals surface area contributed by atoms with Gasteiger partial charge in [-0.3, -0.25) is 4.79 Å². The summed E-state index contributed by atoms with van der Waals surface area (Å²) < 4.78 is 0. The van der Waals surface area contributed by atoms with Crippen LogP contribution in [0.2, 0.25) is 0 Å². The van der Waals surface area contributed by atoms with Gasteiger partial charge < -0.3 is 10.6 Å². The number of aromatic nitrogens is 1. The number of nitrogens with one attached hydrogen (secondary N) is 2. The highest BCUT2D eigenvalue weighted by atomic mass is 16.2. The van der Waals surface area contributed by atoms with Gasteiger partial charge in [0.2, 0.25) is 0 Å². The number of carbonyl (C=O) groups is 1. The molecule has 1 fully saturated rings. The van der Waals surface area contributed by atoms with Crippen molar-refractivity contribution < 1.29 is 4.79 Å². The third-order valence-corrected chi connectivity index (χ3v) is 3.77. The molecule has 1 aromatic heterocycles. The number of hydrogen-bond acceptors (Lipinski definition) is 3. The second kappa shape index (κ2) is 6.18. The predicted octanol–water partition coefficient (Wildman–Crippen LogP) is 3.84. The Labute approximate surface area is 131 Å². The van der Waals surface area contributed by atoms with E-state index in [1.807, 2.05) is 6.07 Å². The van der Waals surface area contributed by atoms with Gasteiger partial charge in [0, 0.05) is 11.7 Å². The number of hydrogen-bond donors (Lipinski definition) is 2. The SMILES string of the molecule is CC(C)c1ccc(Nc2ccc(C(=O)NC3CC3)nc2)cc1. The molecule has 1 aromatic carbocycles. The molecule has 0 spiro atoms. The molecule has 3 rings (SSSR count). The van der Waals surface area contributed by atoms with Gasteiger partial charge in [-0.2, -0.15) is 0 Å². The lowest BCUT2D eigenvalue weighted by molar-refractivity contribution is 0.0946. The molecule has 0 atom stereocenters. The van der Waals surface area contributed by atoms with Crippen molar-refractivity contribution in [3.63, 3.8) is 0 Å². The monoisotopic (exact) mass is 295 g/mol. The molecule has 1 aliphatic carbocycles. The van der Waals surface area contributed by atoms with E-state index in [0.29, 0.717) is 17.7 Å². The molecule has 1 amide bonds. The number of pyridine rings is 1. The molecular formula is C18H21N3O. The zero-order chi connectivity index (χ0) is 15.5. The summed E-state index contributed by atoms with van der Waals surface area (Å²) in [5.41, 5.74) is 3.67. The van der Waals surface area contributed by atoms with Gasteiger partial charge in [0.15, 0.2) is 0 Å². The van der Waals surface area contributed by atoms with Crippen LogP contribution in [0.1, 0.15) is 48.7 Å². The van der Waals surface area contributed by atoms with Crippen LogP contribution in [0, 0.1) is 0 Å². The minimum absolute atomic E-state index is 0.0877. The molecule has 1 aliphatic rings. The minimum atomic E-state index is -0.0877. The van der Waals surface area contributed by atoms with Gasteiger partial charge in [-0.25, -0.2) is 4.98 Å². The standard InChI is InChI=1S/C18H21N3O/c1-12(2)13-3-5-14(6-4-13)20-16-9-10-17(19-11-16)18(22)21-15-7-8-15/h3-6,9-12,15,20H,7-8H2,1-2H3,(H,21,22). The first kappa shape index (κ1) is 14.6. The van der Waals surface area contributed by atoms with E-state index in [4.69, 9.17) is 0 Å². The van der Waals surface area contributed by atoms with Gasteiger partial charge >= 0.3 is 0 Å². The zero-order valence-corrected chi connectivity index (χ0v) is 13.0. The Balaban J connectivity index is 1.63. The number of carbonyl (C=O) groups excluding carboxylic acids is 1. The Morgan fingerprint density at radius 3 is 2.32 bits per heavy atom. The van der Waals surface area contributed by atoms with E-state index in [-0.39, 0.29) is 5.91 Å². The van der Waals surface area contributed by atoms with Crippen LogP contribution in [0.15, 0.2) is 42.6 Å². The van der Waals surface area contributed by atoms with Crippen molar-refractivity contribution in [3.05, 3.63) is 53.9 Å². The van der Waals surface area contributed by atoms with Crippen LogP contribution in [-0.2, 0) is 0 Å². The van der Waals surface area contributed by atoms with Crippen molar-refractivity contribution >= 4 is 17.3 Å². The Kier molecular flexibility index (Phi) is 4.09. The summed E-state index contributed by atoms with van der Waals surface area (Å²) in [5, 5.41) is 6.23. The lowest BCUT2D eigenvalue weighted by atomic mass is 10.0. The molecule has 1 heterocycles. The summed E-state index contributed by atoms with van der Waals surface area (Å²) in [7, 11) is 0. The summed E-state index contributed by atoms with van der Waals surface area (Å²) in [4.78, 5) is 16.1. The highest BCUT2D eigenvalue weighted by Crippen LogP contribution is 2.21. The lowest BCUT2D eigenvalue weighted by Crippen LogP contribution is -2.26. The molecular weight excluding hydrogens is 274 g/mol. The number of rotatable bonds is 5. The summed E-state index contributed by atoms with van der Waals surface area (Å²) in [6.45, 7) is 4.36. The minimum Gasteiger partial charge on any atom is -0.354 e. The maximum Gasteiger partial charge on any atom is 0.270 e. The molecule has 0 bridgehead atoms. The number of nitrogens with zero attached hydrogens (tertiary/aromatic N) is 1. The number of anilines is 2. The van der Waals surface area contributed by atoms with Crippen LogP contribution in [0.4, 0.5) is 11.4 Å². The van der Waals surface area contributed by atoms with Gasteiger partial charge in [-0.1, -0.05) is 26.0 Å². The highest BCUT2D eigenvalue weighted by Gasteiger charge is 2.24. The normalized spacial score (nSPS) is 14.0. The van der Waals surface area contributed by atoms with E-state index in [1.165, 1.54) is 5.56 Å². The Morgan fingerprint density at radius 2 is 1.77 bits per heavy atom. The molecule has 2 N–H and O–H groups in total. The van der Waals surface area contributed by atoms with Crippen molar-refractivity contribution in [3.8, 4) is 0 Å². The fraction of sp³-hybridized carbons (Fsp3) is 0.333. The number of amides is 1. The van der Waals surface area contributed by atoms with Crippen LogP contribution in [-0.4, -0.2) is 16.9 Å². The van der Waals surface area contributed by atoms with Crippen LogP contribution in [0.3, 0.4) is 0 Å². The van der Waals surface area contributed by atoms with Gasteiger partial charge in [0.25, 0.3) is 5.91 Å². The quantitative estimate of drug-likeness (QED) is 0.881. The summed E-state index contributed by atoms with van der Waals surface area (Å²) in [6, 6.07) is 12.3. The Hall–Kier alpha value is -2.36. The molecule has 4 nitrogen and oxygen atoms in total. The first-order valence-electron chi connectivity index (χ1n) is 7.76.